The minimum Gasteiger partial charge on any atom is -0.311 e. The van der Waals surface area contributed by atoms with Crippen LogP contribution in [0.3, 0.4) is 0 Å². The molecule has 0 spiro atoms. The molecule has 0 aromatic heterocycles. The third-order valence-corrected chi connectivity index (χ3v) is 5.01. The van der Waals surface area contributed by atoms with E-state index >= 15 is 0 Å². The monoisotopic (exact) mass is 223 g/mol. The van der Waals surface area contributed by atoms with Gasteiger partial charge in [0, 0.05) is 12.1 Å². The van der Waals surface area contributed by atoms with Gasteiger partial charge in [-0.25, -0.2) is 0 Å². The summed E-state index contributed by atoms with van der Waals surface area (Å²) in [7, 11) is 0. The molecule has 0 radical (unpaired) electrons. The van der Waals surface area contributed by atoms with Gasteiger partial charge < -0.3 is 5.32 Å². The number of hydrogen-bond donors (Lipinski definition) is 1. The molecule has 94 valence electrons. The molecule has 0 heterocycles. The van der Waals surface area contributed by atoms with Gasteiger partial charge >= 0.3 is 0 Å². The van der Waals surface area contributed by atoms with Crippen LogP contribution in [0.1, 0.15) is 71.6 Å². The maximum Gasteiger partial charge on any atom is 0.00723 e. The third-order valence-electron chi connectivity index (χ3n) is 5.01. The summed E-state index contributed by atoms with van der Waals surface area (Å²) in [5, 5.41) is 3.93. The van der Waals surface area contributed by atoms with Crippen molar-refractivity contribution in [1.29, 1.82) is 0 Å². The second-order valence-corrected chi connectivity index (χ2v) is 6.08. The average Bonchev–Trinajstić information content (AvgIpc) is 2.78. The van der Waals surface area contributed by atoms with E-state index in [0.29, 0.717) is 0 Å². The van der Waals surface area contributed by atoms with E-state index in [-0.39, 0.29) is 0 Å². The van der Waals surface area contributed by atoms with Crippen LogP contribution in [-0.2, 0) is 0 Å². The number of nitrogens with one attached hydrogen (secondary N) is 1. The first-order chi connectivity index (χ1) is 7.81. The maximum absolute atomic E-state index is 3.93. The third kappa shape index (κ3) is 3.23. The van der Waals surface area contributed by atoms with Gasteiger partial charge in [0.15, 0.2) is 0 Å². The number of hydrogen-bond acceptors (Lipinski definition) is 1. The fraction of sp³-hybridized carbons (Fsp3) is 1.00. The van der Waals surface area contributed by atoms with Crippen LogP contribution in [-0.4, -0.2) is 12.1 Å². The molecular weight excluding hydrogens is 194 g/mol. The Kier molecular flexibility index (Phi) is 4.69. The average molecular weight is 223 g/mol. The lowest BCUT2D eigenvalue weighted by molar-refractivity contribution is 0.267. The summed E-state index contributed by atoms with van der Waals surface area (Å²) in [5.41, 5.74) is 0. The van der Waals surface area contributed by atoms with Crippen molar-refractivity contribution >= 4 is 0 Å². The quantitative estimate of drug-likeness (QED) is 0.756. The zero-order chi connectivity index (χ0) is 11.4. The normalized spacial score (nSPS) is 40.1. The van der Waals surface area contributed by atoms with Gasteiger partial charge in [-0.15, -0.1) is 0 Å². The fourth-order valence-corrected chi connectivity index (χ4v) is 3.67. The summed E-state index contributed by atoms with van der Waals surface area (Å²) in [6.45, 7) is 4.70. The molecular formula is C15H29N. The van der Waals surface area contributed by atoms with Crippen LogP contribution in [0.5, 0.6) is 0 Å². The van der Waals surface area contributed by atoms with Crippen LogP contribution in [0.25, 0.3) is 0 Å². The minimum absolute atomic E-state index is 0.850. The SMILES string of the molecule is CCC1CCC(NC2CCC(CC)C2)CC1. The molecule has 1 nitrogen and oxygen atoms in total. The highest BCUT2D eigenvalue weighted by atomic mass is 15.0. The molecule has 2 fully saturated rings. The molecule has 2 aliphatic carbocycles. The standard InChI is InChI=1S/C15H29N/c1-3-12-5-8-14(9-6-12)16-15-10-7-13(4-2)11-15/h12-16H,3-11H2,1-2H3. The van der Waals surface area contributed by atoms with E-state index in [4.69, 9.17) is 0 Å². The lowest BCUT2D eigenvalue weighted by Gasteiger charge is -2.30. The molecule has 0 bridgehead atoms. The van der Waals surface area contributed by atoms with Gasteiger partial charge in [0.05, 0.1) is 0 Å². The molecule has 0 saturated heterocycles. The highest BCUT2D eigenvalue weighted by Crippen LogP contribution is 2.31. The van der Waals surface area contributed by atoms with Crippen molar-refractivity contribution in [2.45, 2.75) is 83.7 Å². The first-order valence-corrected chi connectivity index (χ1v) is 7.57. The van der Waals surface area contributed by atoms with Crippen LogP contribution in [0.15, 0.2) is 0 Å². The van der Waals surface area contributed by atoms with Crippen LogP contribution in [0.4, 0.5) is 0 Å². The van der Waals surface area contributed by atoms with E-state index in [0.717, 1.165) is 23.9 Å². The van der Waals surface area contributed by atoms with E-state index in [1.165, 1.54) is 57.8 Å². The predicted octanol–water partition coefficient (Wildman–Crippen LogP) is 4.12. The molecule has 0 aliphatic heterocycles. The van der Waals surface area contributed by atoms with Crippen LogP contribution in [0, 0.1) is 11.8 Å². The Labute approximate surface area is 101 Å². The first-order valence-electron chi connectivity index (χ1n) is 7.57. The van der Waals surface area contributed by atoms with Gasteiger partial charge in [-0.2, -0.15) is 0 Å². The van der Waals surface area contributed by atoms with Gasteiger partial charge in [0.25, 0.3) is 0 Å². The summed E-state index contributed by atoms with van der Waals surface area (Å²) >= 11 is 0. The molecule has 2 rings (SSSR count). The highest BCUT2D eigenvalue weighted by molar-refractivity contribution is 4.85. The van der Waals surface area contributed by atoms with Crippen molar-refractivity contribution in [2.75, 3.05) is 0 Å². The molecule has 1 heteroatoms. The lowest BCUT2D eigenvalue weighted by Crippen LogP contribution is -2.39. The van der Waals surface area contributed by atoms with Crippen molar-refractivity contribution in [2.24, 2.45) is 11.8 Å². The topological polar surface area (TPSA) is 12.0 Å². The van der Waals surface area contributed by atoms with Gasteiger partial charge in [-0.3, -0.25) is 0 Å². The minimum atomic E-state index is 0.850. The lowest BCUT2D eigenvalue weighted by atomic mass is 9.84. The van der Waals surface area contributed by atoms with Crippen molar-refractivity contribution in [3.8, 4) is 0 Å². The second kappa shape index (κ2) is 6.05. The van der Waals surface area contributed by atoms with E-state index < -0.39 is 0 Å². The Bertz CT molecular complexity index is 194. The van der Waals surface area contributed by atoms with Crippen molar-refractivity contribution in [1.82, 2.24) is 5.32 Å². The number of rotatable bonds is 4. The van der Waals surface area contributed by atoms with Gasteiger partial charge in [-0.1, -0.05) is 26.7 Å². The highest BCUT2D eigenvalue weighted by Gasteiger charge is 2.27. The largest absolute Gasteiger partial charge is 0.311 e. The van der Waals surface area contributed by atoms with E-state index in [2.05, 4.69) is 19.2 Å². The summed E-state index contributed by atoms with van der Waals surface area (Å²) in [4.78, 5) is 0. The second-order valence-electron chi connectivity index (χ2n) is 6.08. The van der Waals surface area contributed by atoms with E-state index in [1.54, 1.807) is 0 Å². The molecule has 16 heavy (non-hydrogen) atoms. The Hall–Kier alpha value is -0.0400. The molecule has 2 saturated carbocycles. The molecule has 0 aromatic carbocycles. The Morgan fingerprint density at radius 3 is 1.88 bits per heavy atom. The summed E-state index contributed by atoms with van der Waals surface area (Å²) in [6, 6.07) is 1.71. The zero-order valence-corrected chi connectivity index (χ0v) is 11.2. The molecule has 0 aromatic rings. The fourth-order valence-electron chi connectivity index (χ4n) is 3.67. The zero-order valence-electron chi connectivity index (χ0n) is 11.2. The van der Waals surface area contributed by atoms with Crippen LogP contribution >= 0.6 is 0 Å². The van der Waals surface area contributed by atoms with Crippen molar-refractivity contribution in [3.63, 3.8) is 0 Å². The molecule has 1 N–H and O–H groups in total. The molecule has 2 atom stereocenters. The summed E-state index contributed by atoms with van der Waals surface area (Å²) in [5.74, 6) is 2.05. The predicted molar refractivity (Wildman–Crippen MR) is 70.6 cm³/mol. The molecule has 2 unspecified atom stereocenters. The molecule has 2 aliphatic rings. The summed E-state index contributed by atoms with van der Waals surface area (Å²) in [6.07, 6.45) is 13.0. The Balaban J connectivity index is 1.67. The van der Waals surface area contributed by atoms with Crippen molar-refractivity contribution in [3.05, 3.63) is 0 Å². The summed E-state index contributed by atoms with van der Waals surface area (Å²) < 4.78 is 0. The van der Waals surface area contributed by atoms with Gasteiger partial charge in [0.2, 0.25) is 0 Å². The van der Waals surface area contributed by atoms with E-state index in [9.17, 15) is 0 Å². The van der Waals surface area contributed by atoms with Crippen LogP contribution < -0.4 is 5.32 Å². The first kappa shape index (κ1) is 12.4. The smallest absolute Gasteiger partial charge is 0.00723 e. The van der Waals surface area contributed by atoms with Gasteiger partial charge in [0.1, 0.15) is 0 Å². The molecule has 0 amide bonds. The Morgan fingerprint density at radius 1 is 0.750 bits per heavy atom. The maximum atomic E-state index is 3.93. The van der Waals surface area contributed by atoms with Gasteiger partial charge in [-0.05, 0) is 56.8 Å². The van der Waals surface area contributed by atoms with Crippen molar-refractivity contribution < 1.29 is 0 Å². The Morgan fingerprint density at radius 2 is 1.31 bits per heavy atom. The van der Waals surface area contributed by atoms with E-state index in [1.807, 2.05) is 0 Å². The van der Waals surface area contributed by atoms with Crippen LogP contribution in [0.2, 0.25) is 0 Å².